The fourth-order valence-corrected chi connectivity index (χ4v) is 4.20. The monoisotopic (exact) mass is 451 g/mol. The van der Waals surface area contributed by atoms with Crippen LogP contribution in [0.3, 0.4) is 0 Å². The van der Waals surface area contributed by atoms with Crippen LogP contribution in [0.1, 0.15) is 19.8 Å². The van der Waals surface area contributed by atoms with Crippen molar-refractivity contribution in [2.24, 2.45) is 5.92 Å². The lowest BCUT2D eigenvalue weighted by Crippen LogP contribution is -2.34. The molecule has 1 saturated heterocycles. The van der Waals surface area contributed by atoms with E-state index in [0.717, 1.165) is 4.57 Å². The van der Waals surface area contributed by atoms with Crippen LogP contribution in [0.15, 0.2) is 46.2 Å². The van der Waals surface area contributed by atoms with Crippen LogP contribution >= 0.6 is 0 Å². The molecule has 1 fully saturated rings. The zero-order chi connectivity index (χ0) is 23.1. The third kappa shape index (κ3) is 3.86. The number of aromatic amines is 2. The van der Waals surface area contributed by atoms with E-state index >= 15 is 0 Å². The van der Waals surface area contributed by atoms with E-state index < -0.39 is 11.2 Å². The second-order valence-corrected chi connectivity index (χ2v) is 8.20. The molecule has 0 aliphatic carbocycles. The van der Waals surface area contributed by atoms with E-state index in [1.165, 1.54) is 12.1 Å². The molecule has 0 radical (unpaired) electrons. The van der Waals surface area contributed by atoms with Gasteiger partial charge in [0.2, 0.25) is 5.91 Å². The van der Waals surface area contributed by atoms with Gasteiger partial charge in [-0.05, 0) is 30.7 Å². The molecule has 0 saturated carbocycles. The van der Waals surface area contributed by atoms with Crippen LogP contribution in [-0.4, -0.2) is 41.8 Å². The Morgan fingerprint density at radius 3 is 2.70 bits per heavy atom. The normalized spacial score (nSPS) is 16.2. The lowest BCUT2D eigenvalue weighted by molar-refractivity contribution is -0.117. The standard InChI is InChI=1S/C22H22FN7O3/c1-2-7-29-21(32)18-20(27-22(29)33)26-19(25-18)14-9-24-28(12-14)10-13-8-17(31)30(11-13)16-5-3-15(23)4-6-16/h3-6,9,12-13H,2,7-8,10-11H2,1H3,(H,25,26)(H,27,33). The molecule has 10 nitrogen and oxygen atoms in total. The molecule has 1 amide bonds. The first-order valence-electron chi connectivity index (χ1n) is 10.7. The van der Waals surface area contributed by atoms with Crippen LogP contribution in [0.25, 0.3) is 22.6 Å². The van der Waals surface area contributed by atoms with Gasteiger partial charge in [-0.1, -0.05) is 6.92 Å². The number of fused-ring (bicyclic) bond motifs is 1. The number of nitrogens with one attached hydrogen (secondary N) is 2. The molecule has 5 rings (SSSR count). The van der Waals surface area contributed by atoms with Crippen molar-refractivity contribution < 1.29 is 9.18 Å². The average Bonchev–Trinajstić information content (AvgIpc) is 3.51. The van der Waals surface area contributed by atoms with E-state index in [1.807, 2.05) is 6.92 Å². The smallest absolute Gasteiger partial charge is 0.330 e. The highest BCUT2D eigenvalue weighted by Gasteiger charge is 2.31. The Balaban J connectivity index is 1.34. The molecule has 0 spiro atoms. The molecule has 1 unspecified atom stereocenters. The molecule has 11 heteroatoms. The van der Waals surface area contributed by atoms with Crippen molar-refractivity contribution in [3.05, 3.63) is 63.3 Å². The number of amides is 1. The van der Waals surface area contributed by atoms with Gasteiger partial charge in [-0.15, -0.1) is 0 Å². The summed E-state index contributed by atoms with van der Waals surface area (Å²) in [6.07, 6.45) is 4.43. The summed E-state index contributed by atoms with van der Waals surface area (Å²) in [6.45, 7) is 3.25. The molecular formula is C22H22FN7O3. The maximum absolute atomic E-state index is 13.2. The number of halogens is 1. The minimum atomic E-state index is -0.486. The lowest BCUT2D eigenvalue weighted by atomic mass is 10.1. The van der Waals surface area contributed by atoms with Gasteiger partial charge in [-0.2, -0.15) is 5.10 Å². The van der Waals surface area contributed by atoms with Gasteiger partial charge < -0.3 is 9.88 Å². The Morgan fingerprint density at radius 1 is 1.15 bits per heavy atom. The molecule has 0 bridgehead atoms. The number of hydrogen-bond acceptors (Lipinski definition) is 5. The summed E-state index contributed by atoms with van der Waals surface area (Å²) < 4.78 is 16.1. The van der Waals surface area contributed by atoms with E-state index in [4.69, 9.17) is 0 Å². The Kier molecular flexibility index (Phi) is 5.15. The predicted molar refractivity (Wildman–Crippen MR) is 119 cm³/mol. The fraction of sp³-hybridized carbons (Fsp3) is 0.318. The Labute approximate surface area is 186 Å². The molecule has 1 aliphatic rings. The summed E-state index contributed by atoms with van der Waals surface area (Å²) in [4.78, 5) is 48.8. The van der Waals surface area contributed by atoms with Gasteiger partial charge in [-0.3, -0.25) is 23.8 Å². The zero-order valence-corrected chi connectivity index (χ0v) is 17.9. The minimum absolute atomic E-state index is 0.0106. The Bertz CT molecular complexity index is 1450. The topological polar surface area (TPSA) is 122 Å². The van der Waals surface area contributed by atoms with Crippen molar-refractivity contribution in [2.45, 2.75) is 32.9 Å². The number of anilines is 1. The number of H-pyrrole nitrogens is 2. The van der Waals surface area contributed by atoms with Crippen molar-refractivity contribution in [1.82, 2.24) is 29.3 Å². The zero-order valence-electron chi connectivity index (χ0n) is 17.9. The number of carbonyl (C=O) groups excluding carboxylic acids is 1. The molecular weight excluding hydrogens is 429 g/mol. The molecule has 4 heterocycles. The summed E-state index contributed by atoms with van der Waals surface area (Å²) in [6, 6.07) is 5.88. The van der Waals surface area contributed by atoms with E-state index in [9.17, 15) is 18.8 Å². The molecule has 1 aromatic carbocycles. The molecule has 3 aromatic heterocycles. The van der Waals surface area contributed by atoms with E-state index in [0.29, 0.717) is 49.6 Å². The number of rotatable bonds is 6. The molecule has 170 valence electrons. The van der Waals surface area contributed by atoms with Gasteiger partial charge in [0.25, 0.3) is 5.56 Å². The first kappa shape index (κ1) is 20.9. The van der Waals surface area contributed by atoms with Crippen molar-refractivity contribution in [3.63, 3.8) is 0 Å². The maximum atomic E-state index is 13.2. The predicted octanol–water partition coefficient (Wildman–Crippen LogP) is 1.88. The summed E-state index contributed by atoms with van der Waals surface area (Å²) in [5.74, 6) is 0.116. The third-order valence-corrected chi connectivity index (χ3v) is 5.78. The van der Waals surface area contributed by atoms with Crippen LogP contribution in [0.2, 0.25) is 0 Å². The quantitative estimate of drug-likeness (QED) is 0.464. The largest absolute Gasteiger partial charge is 0.332 e. The average molecular weight is 451 g/mol. The minimum Gasteiger partial charge on any atom is -0.332 e. The number of carbonyl (C=O) groups is 1. The van der Waals surface area contributed by atoms with Crippen LogP contribution in [-0.2, 0) is 17.9 Å². The summed E-state index contributed by atoms with van der Waals surface area (Å²) >= 11 is 0. The van der Waals surface area contributed by atoms with Crippen LogP contribution in [0.4, 0.5) is 10.1 Å². The summed E-state index contributed by atoms with van der Waals surface area (Å²) in [5.41, 5.74) is 0.883. The number of hydrogen-bond donors (Lipinski definition) is 2. The number of benzene rings is 1. The van der Waals surface area contributed by atoms with Gasteiger partial charge >= 0.3 is 5.69 Å². The number of nitrogens with zero attached hydrogens (tertiary/aromatic N) is 5. The Morgan fingerprint density at radius 2 is 1.94 bits per heavy atom. The van der Waals surface area contributed by atoms with Crippen molar-refractivity contribution in [3.8, 4) is 11.4 Å². The second-order valence-electron chi connectivity index (χ2n) is 8.20. The number of aromatic nitrogens is 6. The highest BCUT2D eigenvalue weighted by molar-refractivity contribution is 5.95. The van der Waals surface area contributed by atoms with Gasteiger partial charge in [0.05, 0.1) is 11.8 Å². The van der Waals surface area contributed by atoms with Gasteiger partial charge in [-0.25, -0.2) is 14.2 Å². The van der Waals surface area contributed by atoms with Gasteiger partial charge in [0.1, 0.15) is 17.2 Å². The van der Waals surface area contributed by atoms with Gasteiger partial charge in [0, 0.05) is 43.9 Å². The molecule has 2 N–H and O–H groups in total. The van der Waals surface area contributed by atoms with E-state index in [-0.39, 0.29) is 28.8 Å². The molecule has 1 atom stereocenters. The molecule has 1 aliphatic heterocycles. The first-order chi connectivity index (χ1) is 15.9. The maximum Gasteiger partial charge on any atom is 0.330 e. The van der Waals surface area contributed by atoms with E-state index in [1.54, 1.807) is 34.1 Å². The third-order valence-electron chi connectivity index (χ3n) is 5.78. The summed E-state index contributed by atoms with van der Waals surface area (Å²) in [5, 5.41) is 4.37. The van der Waals surface area contributed by atoms with Crippen molar-refractivity contribution in [1.29, 1.82) is 0 Å². The molecule has 4 aromatic rings. The first-order valence-corrected chi connectivity index (χ1v) is 10.7. The van der Waals surface area contributed by atoms with Crippen LogP contribution < -0.4 is 16.1 Å². The van der Waals surface area contributed by atoms with Crippen LogP contribution in [0.5, 0.6) is 0 Å². The van der Waals surface area contributed by atoms with E-state index in [2.05, 4.69) is 20.1 Å². The highest BCUT2D eigenvalue weighted by atomic mass is 19.1. The fourth-order valence-electron chi connectivity index (χ4n) is 4.20. The number of imidazole rings is 1. The van der Waals surface area contributed by atoms with Crippen LogP contribution in [0, 0.1) is 11.7 Å². The summed E-state index contributed by atoms with van der Waals surface area (Å²) in [7, 11) is 0. The lowest BCUT2D eigenvalue weighted by Gasteiger charge is -2.16. The van der Waals surface area contributed by atoms with Gasteiger partial charge in [0.15, 0.2) is 5.65 Å². The SMILES string of the molecule is CCCn1c(=O)[nH]c2nc(-c3cnn(CC4CC(=O)N(c5ccc(F)cc5)C4)c3)[nH]c2c1=O. The highest BCUT2D eigenvalue weighted by Crippen LogP contribution is 2.26. The second kappa shape index (κ2) is 8.15. The van der Waals surface area contributed by atoms with Crippen molar-refractivity contribution >= 4 is 22.8 Å². The van der Waals surface area contributed by atoms with Crippen molar-refractivity contribution in [2.75, 3.05) is 11.4 Å². The molecule has 33 heavy (non-hydrogen) atoms. The Hall–Kier alpha value is -4.02.